The molecule has 0 saturated carbocycles. The maximum absolute atomic E-state index is 13.8. The molecular formula is C16H17F2NO2. The Labute approximate surface area is 122 Å². The van der Waals surface area contributed by atoms with Crippen LogP contribution in [-0.2, 0) is 0 Å². The van der Waals surface area contributed by atoms with Crippen molar-refractivity contribution < 1.29 is 18.3 Å². The number of methoxy groups -OCH3 is 1. The summed E-state index contributed by atoms with van der Waals surface area (Å²) in [5.74, 6) is -0.588. The minimum atomic E-state index is -0.870. The summed E-state index contributed by atoms with van der Waals surface area (Å²) in [4.78, 5) is 0. The van der Waals surface area contributed by atoms with Crippen molar-refractivity contribution in [2.45, 2.75) is 6.04 Å². The number of hydrogen-bond acceptors (Lipinski definition) is 3. The lowest BCUT2D eigenvalue weighted by Gasteiger charge is -2.19. The van der Waals surface area contributed by atoms with E-state index in [9.17, 15) is 8.78 Å². The molecule has 21 heavy (non-hydrogen) atoms. The Morgan fingerprint density at radius 3 is 2.43 bits per heavy atom. The number of halogens is 2. The molecule has 0 heterocycles. The highest BCUT2D eigenvalue weighted by Gasteiger charge is 2.18. The van der Waals surface area contributed by atoms with E-state index in [1.807, 2.05) is 12.1 Å². The van der Waals surface area contributed by atoms with Gasteiger partial charge in [0.15, 0.2) is 23.1 Å². The average Bonchev–Trinajstić information content (AvgIpc) is 2.52. The zero-order valence-electron chi connectivity index (χ0n) is 11.9. The summed E-state index contributed by atoms with van der Waals surface area (Å²) in [6.45, 7) is 0.150. The van der Waals surface area contributed by atoms with Crippen LogP contribution in [0.1, 0.15) is 11.6 Å². The summed E-state index contributed by atoms with van der Waals surface area (Å²) in [6, 6.07) is 10.8. The second-order valence-electron chi connectivity index (χ2n) is 4.45. The summed E-state index contributed by atoms with van der Waals surface area (Å²) in [7, 11) is 3.21. The highest BCUT2D eigenvalue weighted by Crippen LogP contribution is 2.27. The fourth-order valence-corrected chi connectivity index (χ4v) is 2.03. The van der Waals surface area contributed by atoms with Gasteiger partial charge in [0.05, 0.1) is 13.2 Å². The fraction of sp³-hybridized carbons (Fsp3) is 0.250. The van der Waals surface area contributed by atoms with Gasteiger partial charge in [0.2, 0.25) is 0 Å². The lowest BCUT2D eigenvalue weighted by Crippen LogP contribution is -2.24. The Hall–Kier alpha value is -2.14. The summed E-state index contributed by atoms with van der Waals surface area (Å²) in [5, 5.41) is 2.92. The Balaban J connectivity index is 2.14. The van der Waals surface area contributed by atoms with Crippen LogP contribution >= 0.6 is 0 Å². The molecule has 0 aliphatic carbocycles. The van der Waals surface area contributed by atoms with E-state index in [-0.39, 0.29) is 12.2 Å². The van der Waals surface area contributed by atoms with E-state index in [1.54, 1.807) is 26.3 Å². The summed E-state index contributed by atoms with van der Waals surface area (Å²) in [5.41, 5.74) is 0.229. The largest absolute Gasteiger partial charge is 0.493 e. The zero-order chi connectivity index (χ0) is 15.2. The predicted octanol–water partition coefficient (Wildman–Crippen LogP) is 3.31. The van der Waals surface area contributed by atoms with E-state index in [1.165, 1.54) is 12.1 Å². The smallest absolute Gasteiger partial charge is 0.163 e. The number of ether oxygens (including phenoxy) is 2. The summed E-state index contributed by atoms with van der Waals surface area (Å²) >= 11 is 0. The molecular weight excluding hydrogens is 276 g/mol. The van der Waals surface area contributed by atoms with Crippen molar-refractivity contribution in [1.29, 1.82) is 0 Å². The topological polar surface area (TPSA) is 30.5 Å². The molecule has 2 aromatic carbocycles. The van der Waals surface area contributed by atoms with Gasteiger partial charge in [0.25, 0.3) is 0 Å². The van der Waals surface area contributed by atoms with Crippen molar-refractivity contribution in [3.05, 3.63) is 59.7 Å². The second-order valence-corrected chi connectivity index (χ2v) is 4.45. The van der Waals surface area contributed by atoms with E-state index in [2.05, 4.69) is 5.32 Å². The molecule has 1 unspecified atom stereocenters. The van der Waals surface area contributed by atoms with Gasteiger partial charge in [-0.25, -0.2) is 8.78 Å². The molecule has 5 heteroatoms. The predicted molar refractivity (Wildman–Crippen MR) is 76.6 cm³/mol. The number of likely N-dealkylation sites (N-methyl/N-ethyl adjacent to an activating group) is 1. The molecule has 112 valence electrons. The van der Waals surface area contributed by atoms with Crippen molar-refractivity contribution in [1.82, 2.24) is 5.32 Å². The number of para-hydroxylation sites is 2. The average molecular weight is 293 g/mol. The monoisotopic (exact) mass is 293 g/mol. The molecule has 0 aliphatic heterocycles. The van der Waals surface area contributed by atoms with Gasteiger partial charge in [-0.2, -0.15) is 0 Å². The summed E-state index contributed by atoms with van der Waals surface area (Å²) < 4.78 is 37.9. The highest BCUT2D eigenvalue weighted by atomic mass is 19.2. The second kappa shape index (κ2) is 7.04. The van der Waals surface area contributed by atoms with Crippen molar-refractivity contribution >= 4 is 0 Å². The first kappa shape index (κ1) is 15.3. The number of hydrogen-bond donors (Lipinski definition) is 1. The third kappa shape index (κ3) is 3.49. The van der Waals surface area contributed by atoms with E-state index in [0.29, 0.717) is 11.5 Å². The lowest BCUT2D eigenvalue weighted by molar-refractivity contribution is 0.255. The molecule has 0 radical (unpaired) electrons. The Morgan fingerprint density at radius 2 is 1.76 bits per heavy atom. The van der Waals surface area contributed by atoms with Crippen LogP contribution in [0.15, 0.2) is 42.5 Å². The van der Waals surface area contributed by atoms with Crippen LogP contribution in [0.25, 0.3) is 0 Å². The minimum absolute atomic E-state index is 0.150. The summed E-state index contributed by atoms with van der Waals surface area (Å²) in [6.07, 6.45) is 0. The molecule has 0 saturated heterocycles. The third-order valence-electron chi connectivity index (χ3n) is 3.18. The van der Waals surface area contributed by atoms with Crippen molar-refractivity contribution in [2.24, 2.45) is 0 Å². The van der Waals surface area contributed by atoms with Gasteiger partial charge in [0, 0.05) is 5.56 Å². The van der Waals surface area contributed by atoms with Gasteiger partial charge in [-0.05, 0) is 25.2 Å². The van der Waals surface area contributed by atoms with E-state index in [0.717, 1.165) is 6.07 Å². The molecule has 0 fully saturated rings. The maximum atomic E-state index is 13.8. The van der Waals surface area contributed by atoms with Gasteiger partial charge in [0.1, 0.15) is 6.61 Å². The lowest BCUT2D eigenvalue weighted by atomic mass is 10.1. The quantitative estimate of drug-likeness (QED) is 0.886. The molecule has 0 amide bonds. The highest BCUT2D eigenvalue weighted by molar-refractivity contribution is 5.39. The van der Waals surface area contributed by atoms with Gasteiger partial charge in [-0.15, -0.1) is 0 Å². The van der Waals surface area contributed by atoms with Crippen molar-refractivity contribution in [2.75, 3.05) is 20.8 Å². The molecule has 1 atom stereocenters. The van der Waals surface area contributed by atoms with Crippen LogP contribution in [0.3, 0.4) is 0 Å². The first-order chi connectivity index (χ1) is 10.2. The first-order valence-corrected chi connectivity index (χ1v) is 6.54. The van der Waals surface area contributed by atoms with Crippen LogP contribution in [0.5, 0.6) is 11.5 Å². The van der Waals surface area contributed by atoms with Crippen LogP contribution in [-0.4, -0.2) is 20.8 Å². The molecule has 0 bridgehead atoms. The van der Waals surface area contributed by atoms with E-state index in [4.69, 9.17) is 9.47 Å². The van der Waals surface area contributed by atoms with Crippen LogP contribution in [0.2, 0.25) is 0 Å². The first-order valence-electron chi connectivity index (χ1n) is 6.54. The molecule has 0 spiro atoms. The van der Waals surface area contributed by atoms with Gasteiger partial charge in [-0.3, -0.25) is 0 Å². The molecule has 2 rings (SSSR count). The van der Waals surface area contributed by atoms with Crippen molar-refractivity contribution in [3.63, 3.8) is 0 Å². The van der Waals surface area contributed by atoms with Crippen LogP contribution in [0, 0.1) is 11.6 Å². The molecule has 1 N–H and O–H groups in total. The van der Waals surface area contributed by atoms with Crippen LogP contribution in [0.4, 0.5) is 8.78 Å². The molecule has 0 aromatic heterocycles. The van der Waals surface area contributed by atoms with E-state index >= 15 is 0 Å². The third-order valence-corrected chi connectivity index (χ3v) is 3.18. The Bertz CT molecular complexity index is 605. The SMILES string of the molecule is CNC(COc1ccccc1OC)c1cccc(F)c1F. The minimum Gasteiger partial charge on any atom is -0.493 e. The Morgan fingerprint density at radius 1 is 1.05 bits per heavy atom. The number of benzene rings is 2. The van der Waals surface area contributed by atoms with Crippen molar-refractivity contribution in [3.8, 4) is 11.5 Å². The number of nitrogens with one attached hydrogen (secondary N) is 1. The maximum Gasteiger partial charge on any atom is 0.163 e. The van der Waals surface area contributed by atoms with Crippen LogP contribution < -0.4 is 14.8 Å². The molecule has 3 nitrogen and oxygen atoms in total. The van der Waals surface area contributed by atoms with E-state index < -0.39 is 17.7 Å². The number of rotatable bonds is 6. The van der Waals surface area contributed by atoms with Gasteiger partial charge >= 0.3 is 0 Å². The molecule has 0 aliphatic rings. The zero-order valence-corrected chi connectivity index (χ0v) is 11.9. The molecule has 2 aromatic rings. The van der Waals surface area contributed by atoms with Gasteiger partial charge in [-0.1, -0.05) is 24.3 Å². The van der Waals surface area contributed by atoms with Gasteiger partial charge < -0.3 is 14.8 Å². The standard InChI is InChI=1S/C16H17F2NO2/c1-19-13(11-6-5-7-12(17)16(11)18)10-21-15-9-4-3-8-14(15)20-2/h3-9,13,19H,10H2,1-2H3. The fourth-order valence-electron chi connectivity index (χ4n) is 2.03. The Kier molecular flexibility index (Phi) is 5.11. The normalized spacial score (nSPS) is 12.0.